The lowest BCUT2D eigenvalue weighted by molar-refractivity contribution is -0.122. The van der Waals surface area contributed by atoms with Gasteiger partial charge >= 0.3 is 6.03 Å². The van der Waals surface area contributed by atoms with Gasteiger partial charge in [-0.25, -0.2) is 14.8 Å². The van der Waals surface area contributed by atoms with Crippen LogP contribution < -0.4 is 15.0 Å². The Kier molecular flexibility index (Phi) is 6.26. The number of ether oxygens (including phenoxy) is 1. The molecule has 2 heterocycles. The van der Waals surface area contributed by atoms with Crippen LogP contribution in [0.2, 0.25) is 0 Å². The SMILES string of the molecule is N#Cc1nccnc1OC1CCC(NC(=O)CN2CCN(c3ccccc3)C2=O)CC1. The lowest BCUT2D eigenvalue weighted by atomic mass is 9.93. The molecule has 1 aromatic carbocycles. The number of nitriles is 1. The first-order valence-corrected chi connectivity index (χ1v) is 10.4. The third kappa shape index (κ3) is 4.91. The van der Waals surface area contributed by atoms with E-state index in [1.165, 1.54) is 12.4 Å². The van der Waals surface area contributed by atoms with Crippen molar-refractivity contribution in [1.29, 1.82) is 5.26 Å². The number of hydrogen-bond acceptors (Lipinski definition) is 6. The minimum absolute atomic E-state index is 0.0487. The van der Waals surface area contributed by atoms with Gasteiger partial charge in [-0.1, -0.05) is 18.2 Å². The number of amides is 3. The molecule has 2 aliphatic rings. The monoisotopic (exact) mass is 420 g/mol. The fourth-order valence-electron chi connectivity index (χ4n) is 3.99. The molecular formula is C22H24N6O3. The largest absolute Gasteiger partial charge is 0.472 e. The maximum Gasteiger partial charge on any atom is 0.325 e. The molecule has 9 nitrogen and oxygen atoms in total. The standard InChI is InChI=1S/C22H24N6O3/c23-14-19-21(25-11-10-24-19)31-18-8-6-16(7-9-18)26-20(29)15-27-12-13-28(22(27)30)17-4-2-1-3-5-17/h1-5,10-11,16,18H,6-9,12-13,15H2,(H,26,29). The molecule has 0 bridgehead atoms. The van der Waals surface area contributed by atoms with E-state index in [1.807, 2.05) is 36.4 Å². The summed E-state index contributed by atoms with van der Waals surface area (Å²) in [6.07, 6.45) is 5.93. The Morgan fingerprint density at radius 1 is 1.13 bits per heavy atom. The van der Waals surface area contributed by atoms with E-state index < -0.39 is 0 Å². The number of aromatic nitrogens is 2. The van der Waals surface area contributed by atoms with E-state index in [0.717, 1.165) is 31.4 Å². The number of anilines is 1. The highest BCUT2D eigenvalue weighted by atomic mass is 16.5. The Morgan fingerprint density at radius 2 is 1.87 bits per heavy atom. The van der Waals surface area contributed by atoms with Gasteiger partial charge in [0.1, 0.15) is 18.7 Å². The summed E-state index contributed by atoms with van der Waals surface area (Å²) in [5.41, 5.74) is 1.02. The van der Waals surface area contributed by atoms with Crippen LogP contribution in [0.15, 0.2) is 42.7 Å². The predicted octanol–water partition coefficient (Wildman–Crippen LogP) is 2.10. The molecule has 1 aliphatic heterocycles. The first kappa shape index (κ1) is 20.6. The number of hydrogen-bond donors (Lipinski definition) is 1. The normalized spacial score (nSPS) is 20.9. The molecule has 0 atom stereocenters. The molecule has 31 heavy (non-hydrogen) atoms. The maximum absolute atomic E-state index is 12.6. The van der Waals surface area contributed by atoms with Crippen LogP contribution >= 0.6 is 0 Å². The van der Waals surface area contributed by atoms with E-state index in [-0.39, 0.29) is 42.2 Å². The fourth-order valence-corrected chi connectivity index (χ4v) is 3.99. The van der Waals surface area contributed by atoms with Crippen molar-refractivity contribution in [1.82, 2.24) is 20.2 Å². The van der Waals surface area contributed by atoms with Gasteiger partial charge in [0, 0.05) is 37.2 Å². The second-order valence-electron chi connectivity index (χ2n) is 7.67. The summed E-state index contributed by atoms with van der Waals surface area (Å²) >= 11 is 0. The van der Waals surface area contributed by atoms with E-state index in [4.69, 9.17) is 10.00 Å². The molecule has 0 spiro atoms. The molecule has 0 radical (unpaired) electrons. The second-order valence-corrected chi connectivity index (χ2v) is 7.67. The van der Waals surface area contributed by atoms with Crippen molar-refractivity contribution in [3.8, 4) is 11.9 Å². The van der Waals surface area contributed by atoms with Crippen LogP contribution in [0.5, 0.6) is 5.88 Å². The van der Waals surface area contributed by atoms with Crippen molar-refractivity contribution in [2.45, 2.75) is 37.8 Å². The van der Waals surface area contributed by atoms with E-state index in [2.05, 4.69) is 15.3 Å². The fraction of sp³-hybridized carbons (Fsp3) is 0.409. The molecule has 1 aromatic heterocycles. The first-order valence-electron chi connectivity index (χ1n) is 10.4. The lowest BCUT2D eigenvalue weighted by Crippen LogP contribution is -2.45. The summed E-state index contributed by atoms with van der Waals surface area (Å²) < 4.78 is 5.84. The summed E-state index contributed by atoms with van der Waals surface area (Å²) in [5, 5.41) is 12.1. The van der Waals surface area contributed by atoms with Crippen LogP contribution in [0.25, 0.3) is 0 Å². The van der Waals surface area contributed by atoms with E-state index in [0.29, 0.717) is 13.1 Å². The maximum atomic E-state index is 12.6. The van der Waals surface area contributed by atoms with Gasteiger partial charge in [0.25, 0.3) is 5.88 Å². The average Bonchev–Trinajstić information content (AvgIpc) is 3.16. The van der Waals surface area contributed by atoms with E-state index >= 15 is 0 Å². The van der Waals surface area contributed by atoms with Gasteiger partial charge < -0.3 is 15.0 Å². The summed E-state index contributed by atoms with van der Waals surface area (Å²) in [7, 11) is 0. The van der Waals surface area contributed by atoms with Gasteiger partial charge in [-0.3, -0.25) is 9.69 Å². The second kappa shape index (κ2) is 9.43. The highest BCUT2D eigenvalue weighted by Gasteiger charge is 2.31. The lowest BCUT2D eigenvalue weighted by Gasteiger charge is -2.29. The van der Waals surface area contributed by atoms with Gasteiger partial charge in [0.2, 0.25) is 11.6 Å². The smallest absolute Gasteiger partial charge is 0.325 e. The topological polar surface area (TPSA) is 111 Å². The number of para-hydroxylation sites is 1. The van der Waals surface area contributed by atoms with E-state index in [9.17, 15) is 9.59 Å². The summed E-state index contributed by atoms with van der Waals surface area (Å²) in [6, 6.07) is 11.4. The molecule has 3 amide bonds. The highest BCUT2D eigenvalue weighted by molar-refractivity contribution is 5.96. The number of benzene rings is 1. The van der Waals surface area contributed by atoms with Crippen molar-refractivity contribution in [2.24, 2.45) is 0 Å². The Balaban J connectivity index is 1.23. The number of nitrogens with one attached hydrogen (secondary N) is 1. The van der Waals surface area contributed by atoms with Crippen LogP contribution in [0.3, 0.4) is 0 Å². The zero-order valence-corrected chi connectivity index (χ0v) is 17.1. The van der Waals surface area contributed by atoms with Crippen molar-refractivity contribution >= 4 is 17.6 Å². The van der Waals surface area contributed by atoms with Crippen molar-refractivity contribution < 1.29 is 14.3 Å². The molecule has 1 N–H and O–H groups in total. The molecule has 4 rings (SSSR count). The van der Waals surface area contributed by atoms with Crippen LogP contribution in [0.4, 0.5) is 10.5 Å². The third-order valence-corrected chi connectivity index (χ3v) is 5.59. The van der Waals surface area contributed by atoms with Gasteiger partial charge in [0.15, 0.2) is 0 Å². The highest BCUT2D eigenvalue weighted by Crippen LogP contribution is 2.24. The number of nitrogens with zero attached hydrogens (tertiary/aromatic N) is 5. The molecule has 9 heteroatoms. The molecule has 1 aliphatic carbocycles. The molecule has 0 unspecified atom stereocenters. The van der Waals surface area contributed by atoms with Crippen molar-refractivity contribution in [3.63, 3.8) is 0 Å². The van der Waals surface area contributed by atoms with Gasteiger partial charge in [0.05, 0.1) is 0 Å². The number of rotatable bonds is 6. The number of carbonyl (C=O) groups excluding carboxylic acids is 2. The number of urea groups is 1. The van der Waals surface area contributed by atoms with Gasteiger partial charge in [-0.05, 0) is 37.8 Å². The minimum atomic E-state index is -0.145. The molecular weight excluding hydrogens is 396 g/mol. The Bertz CT molecular complexity index is 969. The quantitative estimate of drug-likeness (QED) is 0.766. The van der Waals surface area contributed by atoms with Crippen molar-refractivity contribution in [3.05, 3.63) is 48.4 Å². The molecule has 1 saturated carbocycles. The molecule has 1 saturated heterocycles. The Morgan fingerprint density at radius 3 is 2.61 bits per heavy atom. The Labute approximate surface area is 180 Å². The third-order valence-electron chi connectivity index (χ3n) is 5.59. The Hall–Kier alpha value is -3.67. The van der Waals surface area contributed by atoms with Crippen LogP contribution in [0, 0.1) is 11.3 Å². The van der Waals surface area contributed by atoms with Crippen LogP contribution in [-0.2, 0) is 4.79 Å². The molecule has 2 fully saturated rings. The number of carbonyl (C=O) groups is 2. The van der Waals surface area contributed by atoms with Crippen LogP contribution in [-0.4, -0.2) is 58.6 Å². The minimum Gasteiger partial charge on any atom is -0.472 e. The van der Waals surface area contributed by atoms with Gasteiger partial charge in [-0.15, -0.1) is 0 Å². The van der Waals surface area contributed by atoms with Gasteiger partial charge in [-0.2, -0.15) is 5.26 Å². The first-order chi connectivity index (χ1) is 15.1. The molecule has 2 aromatic rings. The molecule has 160 valence electrons. The summed E-state index contributed by atoms with van der Waals surface area (Å²) in [6.45, 7) is 1.16. The van der Waals surface area contributed by atoms with Crippen molar-refractivity contribution in [2.75, 3.05) is 24.5 Å². The summed E-state index contributed by atoms with van der Waals surface area (Å²) in [4.78, 5) is 36.4. The zero-order chi connectivity index (χ0) is 21.6. The van der Waals surface area contributed by atoms with E-state index in [1.54, 1.807) is 9.80 Å². The zero-order valence-electron chi connectivity index (χ0n) is 17.1. The summed E-state index contributed by atoms with van der Waals surface area (Å²) in [5.74, 6) is 0.112. The predicted molar refractivity (Wildman–Crippen MR) is 112 cm³/mol. The van der Waals surface area contributed by atoms with Crippen LogP contribution in [0.1, 0.15) is 31.4 Å². The average molecular weight is 420 g/mol.